The van der Waals surface area contributed by atoms with Gasteiger partial charge in [-0.3, -0.25) is 4.79 Å². The van der Waals surface area contributed by atoms with E-state index in [9.17, 15) is 4.79 Å². The van der Waals surface area contributed by atoms with E-state index in [0.29, 0.717) is 12.5 Å². The highest BCUT2D eigenvalue weighted by atomic mass is 16.2. The van der Waals surface area contributed by atoms with E-state index in [-0.39, 0.29) is 5.91 Å². The maximum atomic E-state index is 11.8. The van der Waals surface area contributed by atoms with Gasteiger partial charge in [0.2, 0.25) is 5.91 Å². The maximum Gasteiger partial charge on any atom is 0.231 e. The Labute approximate surface area is 128 Å². The van der Waals surface area contributed by atoms with E-state index < -0.39 is 0 Å². The molecule has 1 N–H and O–H groups in total. The molecule has 1 heterocycles. The van der Waals surface area contributed by atoms with E-state index in [1.54, 1.807) is 4.90 Å². The van der Waals surface area contributed by atoms with Crippen LogP contribution in [0.3, 0.4) is 0 Å². The van der Waals surface area contributed by atoms with E-state index in [0.717, 1.165) is 31.0 Å². The molecule has 0 bridgehead atoms. The second-order valence-electron chi connectivity index (χ2n) is 6.50. The Hall–Kier alpha value is -1.35. The minimum absolute atomic E-state index is 0.197. The van der Waals surface area contributed by atoms with Crippen LogP contribution in [0, 0.1) is 5.92 Å². The van der Waals surface area contributed by atoms with E-state index in [1.165, 1.54) is 17.5 Å². The lowest BCUT2D eigenvalue weighted by Crippen LogP contribution is -2.22. The molecule has 1 amide bonds. The number of likely N-dealkylation sites (N-methyl/N-ethyl adjacent to an activating group) is 1. The highest BCUT2D eigenvalue weighted by Gasteiger charge is 2.25. The molecule has 0 aromatic heterocycles. The SMILES string of the molecule is CCCNC(CCC(C)C)c1ccc2c(c1)CC(=O)N2C. The van der Waals surface area contributed by atoms with Gasteiger partial charge in [0.15, 0.2) is 0 Å². The average molecular weight is 288 g/mol. The summed E-state index contributed by atoms with van der Waals surface area (Å²) in [6.45, 7) is 7.78. The van der Waals surface area contributed by atoms with Gasteiger partial charge in [0.25, 0.3) is 0 Å². The van der Waals surface area contributed by atoms with Gasteiger partial charge in [0.1, 0.15) is 0 Å². The first kappa shape index (κ1) is 16.0. The maximum absolute atomic E-state index is 11.8. The normalized spacial score (nSPS) is 15.7. The molecule has 1 aliphatic heterocycles. The summed E-state index contributed by atoms with van der Waals surface area (Å²) in [5, 5.41) is 3.66. The van der Waals surface area contributed by atoms with Gasteiger partial charge in [0, 0.05) is 18.8 Å². The van der Waals surface area contributed by atoms with Crippen LogP contribution >= 0.6 is 0 Å². The molecular formula is C18H28N2O. The average Bonchev–Trinajstić information content (AvgIpc) is 2.73. The lowest BCUT2D eigenvalue weighted by atomic mass is 9.95. The first-order valence-corrected chi connectivity index (χ1v) is 8.15. The molecule has 1 aromatic carbocycles. The zero-order valence-electron chi connectivity index (χ0n) is 13.8. The van der Waals surface area contributed by atoms with Crippen molar-refractivity contribution in [1.82, 2.24) is 5.32 Å². The highest BCUT2D eigenvalue weighted by Crippen LogP contribution is 2.31. The van der Waals surface area contributed by atoms with Gasteiger partial charge in [-0.15, -0.1) is 0 Å². The Morgan fingerprint density at radius 2 is 2.05 bits per heavy atom. The fourth-order valence-corrected chi connectivity index (χ4v) is 2.91. The number of rotatable bonds is 7. The molecule has 0 radical (unpaired) electrons. The number of hydrogen-bond donors (Lipinski definition) is 1. The van der Waals surface area contributed by atoms with Crippen LogP contribution in [0.2, 0.25) is 0 Å². The molecule has 3 heteroatoms. The minimum atomic E-state index is 0.197. The Bertz CT molecular complexity index is 496. The zero-order chi connectivity index (χ0) is 15.4. The molecule has 116 valence electrons. The topological polar surface area (TPSA) is 32.3 Å². The smallest absolute Gasteiger partial charge is 0.231 e. The van der Waals surface area contributed by atoms with Crippen LogP contribution in [-0.4, -0.2) is 19.5 Å². The third-order valence-corrected chi connectivity index (χ3v) is 4.26. The van der Waals surface area contributed by atoms with Crippen LogP contribution in [0.5, 0.6) is 0 Å². The minimum Gasteiger partial charge on any atom is -0.315 e. The lowest BCUT2D eigenvalue weighted by Gasteiger charge is -2.21. The Morgan fingerprint density at radius 1 is 1.29 bits per heavy atom. The number of nitrogens with zero attached hydrogens (tertiary/aromatic N) is 1. The summed E-state index contributed by atoms with van der Waals surface area (Å²) in [4.78, 5) is 13.6. The largest absolute Gasteiger partial charge is 0.315 e. The van der Waals surface area contributed by atoms with Crippen LogP contribution in [0.1, 0.15) is 57.2 Å². The van der Waals surface area contributed by atoms with Crippen LogP contribution in [-0.2, 0) is 11.2 Å². The highest BCUT2D eigenvalue weighted by molar-refractivity contribution is 6.00. The molecule has 0 saturated carbocycles. The lowest BCUT2D eigenvalue weighted by molar-refractivity contribution is -0.117. The Kier molecular flexibility index (Phi) is 5.40. The molecular weight excluding hydrogens is 260 g/mol. The van der Waals surface area contributed by atoms with Gasteiger partial charge in [-0.2, -0.15) is 0 Å². The molecule has 0 aliphatic carbocycles. The van der Waals surface area contributed by atoms with Gasteiger partial charge in [-0.25, -0.2) is 0 Å². The summed E-state index contributed by atoms with van der Waals surface area (Å²) in [5.41, 5.74) is 3.57. The first-order chi connectivity index (χ1) is 10.0. The molecule has 0 fully saturated rings. The van der Waals surface area contributed by atoms with Gasteiger partial charge < -0.3 is 10.2 Å². The van der Waals surface area contributed by atoms with E-state index in [1.807, 2.05) is 7.05 Å². The Morgan fingerprint density at radius 3 is 2.71 bits per heavy atom. The predicted molar refractivity (Wildman–Crippen MR) is 88.7 cm³/mol. The fraction of sp³-hybridized carbons (Fsp3) is 0.611. The summed E-state index contributed by atoms with van der Waals surface area (Å²) in [7, 11) is 1.86. The predicted octanol–water partition coefficient (Wildman–Crippen LogP) is 3.68. The number of fused-ring (bicyclic) bond motifs is 1. The van der Waals surface area contributed by atoms with E-state index >= 15 is 0 Å². The van der Waals surface area contributed by atoms with Gasteiger partial charge in [-0.1, -0.05) is 32.9 Å². The quantitative estimate of drug-likeness (QED) is 0.830. The first-order valence-electron chi connectivity index (χ1n) is 8.15. The number of hydrogen-bond acceptors (Lipinski definition) is 2. The summed E-state index contributed by atoms with van der Waals surface area (Å²) in [5.74, 6) is 0.917. The third-order valence-electron chi connectivity index (χ3n) is 4.26. The van der Waals surface area contributed by atoms with Gasteiger partial charge in [0.05, 0.1) is 6.42 Å². The standard InChI is InChI=1S/C18H28N2O/c1-5-10-19-16(8-6-13(2)3)14-7-9-17-15(11-14)12-18(21)20(17)4/h7,9,11,13,16,19H,5-6,8,10,12H2,1-4H3. The van der Waals surface area contributed by atoms with Crippen molar-refractivity contribution in [1.29, 1.82) is 0 Å². The Balaban J connectivity index is 2.16. The summed E-state index contributed by atoms with van der Waals surface area (Å²) in [6.07, 6.45) is 4.06. The zero-order valence-corrected chi connectivity index (χ0v) is 13.8. The number of nitrogens with one attached hydrogen (secondary N) is 1. The monoisotopic (exact) mass is 288 g/mol. The van der Waals surface area contributed by atoms with Crippen LogP contribution in [0.4, 0.5) is 5.69 Å². The molecule has 3 nitrogen and oxygen atoms in total. The van der Waals surface area contributed by atoms with Crippen molar-refractivity contribution < 1.29 is 4.79 Å². The van der Waals surface area contributed by atoms with Crippen molar-refractivity contribution in [2.75, 3.05) is 18.5 Å². The van der Waals surface area contributed by atoms with Gasteiger partial charge >= 0.3 is 0 Å². The molecule has 1 aliphatic rings. The summed E-state index contributed by atoms with van der Waals surface area (Å²) >= 11 is 0. The van der Waals surface area contributed by atoms with Crippen molar-refractivity contribution >= 4 is 11.6 Å². The van der Waals surface area contributed by atoms with Crippen LogP contribution in [0.25, 0.3) is 0 Å². The van der Waals surface area contributed by atoms with E-state index in [4.69, 9.17) is 0 Å². The van der Waals surface area contributed by atoms with E-state index in [2.05, 4.69) is 44.3 Å². The number of amides is 1. The molecule has 2 rings (SSSR count). The summed E-state index contributed by atoms with van der Waals surface area (Å²) in [6, 6.07) is 6.91. The molecule has 1 atom stereocenters. The molecule has 21 heavy (non-hydrogen) atoms. The molecule has 1 unspecified atom stereocenters. The van der Waals surface area contributed by atoms with Crippen molar-refractivity contribution in [2.45, 2.75) is 52.5 Å². The second-order valence-corrected chi connectivity index (χ2v) is 6.50. The molecule has 0 saturated heterocycles. The third kappa shape index (κ3) is 3.85. The van der Waals surface area contributed by atoms with Crippen LogP contribution in [0.15, 0.2) is 18.2 Å². The van der Waals surface area contributed by atoms with Crippen molar-refractivity contribution in [2.24, 2.45) is 5.92 Å². The fourth-order valence-electron chi connectivity index (χ4n) is 2.91. The van der Waals surface area contributed by atoms with Gasteiger partial charge in [-0.05, 0) is 48.9 Å². The molecule has 0 spiro atoms. The number of carbonyl (C=O) groups excluding carboxylic acids is 1. The summed E-state index contributed by atoms with van der Waals surface area (Å²) < 4.78 is 0. The molecule has 1 aromatic rings. The van der Waals surface area contributed by atoms with Crippen molar-refractivity contribution in [3.8, 4) is 0 Å². The van der Waals surface area contributed by atoms with Crippen molar-refractivity contribution in [3.63, 3.8) is 0 Å². The van der Waals surface area contributed by atoms with Crippen molar-refractivity contribution in [3.05, 3.63) is 29.3 Å². The number of benzene rings is 1. The van der Waals surface area contributed by atoms with Crippen LogP contribution < -0.4 is 10.2 Å². The number of carbonyl (C=O) groups is 1. The number of anilines is 1. The second kappa shape index (κ2) is 7.08.